The van der Waals surface area contributed by atoms with Gasteiger partial charge in [-0.3, -0.25) is 0 Å². The molecule has 31 heavy (non-hydrogen) atoms. The van der Waals surface area contributed by atoms with E-state index in [1.165, 1.54) is 16.3 Å². The first-order chi connectivity index (χ1) is 15.5. The minimum absolute atomic E-state index is 0.487. The normalized spacial score (nSPS) is 16.4. The van der Waals surface area contributed by atoms with E-state index in [-0.39, 0.29) is 0 Å². The molecule has 0 atom stereocenters. The zero-order valence-corrected chi connectivity index (χ0v) is 18.3. The van der Waals surface area contributed by atoms with Gasteiger partial charge in [0.1, 0.15) is 7.05 Å². The number of aryl methyl sites for hydroxylation is 3. The van der Waals surface area contributed by atoms with Gasteiger partial charge in [-0.05, 0) is 66.6 Å². The van der Waals surface area contributed by atoms with Crippen LogP contribution in [0, 0.1) is 13.8 Å². The molecule has 3 heterocycles. The van der Waals surface area contributed by atoms with E-state index < -0.39 is 5.89 Å². The molecule has 5 aromatic rings. The summed E-state index contributed by atoms with van der Waals surface area (Å²) >= 11 is 0. The Labute approximate surface area is 183 Å². The third kappa shape index (κ3) is 2.79. The minimum atomic E-state index is -0.487. The monoisotopic (exact) mass is 408 g/mol. The van der Waals surface area contributed by atoms with E-state index in [9.17, 15) is 0 Å². The van der Waals surface area contributed by atoms with E-state index in [0.29, 0.717) is 5.71 Å². The maximum Gasteiger partial charge on any atom is 0.227 e. The van der Waals surface area contributed by atoms with Crippen molar-refractivity contribution < 1.29 is 10.4 Å². The van der Waals surface area contributed by atoms with E-state index in [4.69, 9.17) is 10.8 Å². The molecule has 0 aliphatic heterocycles. The third-order valence-electron chi connectivity index (χ3n) is 6.92. The van der Waals surface area contributed by atoms with Crippen LogP contribution in [0.5, 0.6) is 0 Å². The van der Waals surface area contributed by atoms with Crippen LogP contribution in [0.3, 0.4) is 0 Å². The summed E-state index contributed by atoms with van der Waals surface area (Å²) in [5, 5.41) is 4.59. The Bertz CT molecular complexity index is 1530. The van der Waals surface area contributed by atoms with Crippen molar-refractivity contribution in [2.24, 2.45) is 7.05 Å². The second kappa shape index (κ2) is 6.91. The van der Waals surface area contributed by atoms with Crippen LogP contribution < -0.4 is 4.57 Å². The predicted octanol–water partition coefficient (Wildman–Crippen LogP) is 6.90. The first-order valence-electron chi connectivity index (χ1n) is 11.7. The fraction of sp³-hybridized carbons (Fsp3) is 0.286. The fourth-order valence-corrected chi connectivity index (χ4v) is 5.28. The summed E-state index contributed by atoms with van der Waals surface area (Å²) in [7, 11) is 2.08. The molecule has 0 unspecified atom stereocenters. The molecule has 1 aliphatic rings. The SMILES string of the molecule is [2H]C1(c2cc[n+](C)c(-c3c(C)c4ccccc4c4c3oc3nc(C)ccc34)c2)CCCC1. The summed E-state index contributed by atoms with van der Waals surface area (Å²) in [6.07, 6.45) is 6.23. The third-order valence-corrected chi connectivity index (χ3v) is 6.92. The van der Waals surface area contributed by atoms with E-state index in [1.807, 2.05) is 6.92 Å². The summed E-state index contributed by atoms with van der Waals surface area (Å²) < 4.78 is 17.7. The first kappa shape index (κ1) is 17.5. The van der Waals surface area contributed by atoms with Gasteiger partial charge >= 0.3 is 0 Å². The van der Waals surface area contributed by atoms with E-state index >= 15 is 0 Å². The topological polar surface area (TPSA) is 29.9 Å². The molecule has 1 saturated carbocycles. The molecule has 3 aromatic heterocycles. The predicted molar refractivity (Wildman–Crippen MR) is 126 cm³/mol. The molecule has 0 N–H and O–H groups in total. The van der Waals surface area contributed by atoms with Crippen LogP contribution >= 0.6 is 0 Å². The van der Waals surface area contributed by atoms with Crippen molar-refractivity contribution >= 4 is 32.8 Å². The van der Waals surface area contributed by atoms with Gasteiger partial charge in [-0.1, -0.05) is 37.1 Å². The van der Waals surface area contributed by atoms with Crippen molar-refractivity contribution in [2.45, 2.75) is 45.4 Å². The Morgan fingerprint density at radius 2 is 1.77 bits per heavy atom. The maximum atomic E-state index is 9.07. The Morgan fingerprint density at radius 3 is 2.58 bits per heavy atom. The van der Waals surface area contributed by atoms with Gasteiger partial charge in [0.05, 0.1) is 5.56 Å². The molecular formula is C28H27N2O+. The van der Waals surface area contributed by atoms with Gasteiger partial charge in [0.25, 0.3) is 0 Å². The molecule has 3 heteroatoms. The Hall–Kier alpha value is -3.20. The fourth-order valence-electron chi connectivity index (χ4n) is 5.28. The van der Waals surface area contributed by atoms with Crippen LogP contribution in [-0.2, 0) is 7.05 Å². The molecule has 1 fully saturated rings. The van der Waals surface area contributed by atoms with Gasteiger partial charge < -0.3 is 4.42 Å². The van der Waals surface area contributed by atoms with E-state index in [0.717, 1.165) is 64.6 Å². The minimum Gasteiger partial charge on any atom is -0.437 e. The lowest BCUT2D eigenvalue weighted by atomic mass is 9.91. The van der Waals surface area contributed by atoms with Crippen molar-refractivity contribution in [1.29, 1.82) is 0 Å². The number of pyridine rings is 2. The number of rotatable bonds is 2. The highest BCUT2D eigenvalue weighted by molar-refractivity contribution is 6.22. The second-order valence-electron chi connectivity index (χ2n) is 8.88. The summed E-state index contributed by atoms with van der Waals surface area (Å²) in [6, 6.07) is 17.1. The van der Waals surface area contributed by atoms with Gasteiger partial charge in [0.15, 0.2) is 11.8 Å². The number of hydrogen-bond donors (Lipinski definition) is 0. The van der Waals surface area contributed by atoms with Gasteiger partial charge in [0.2, 0.25) is 11.4 Å². The lowest BCUT2D eigenvalue weighted by Crippen LogP contribution is -2.31. The molecule has 154 valence electrons. The number of benzene rings is 2. The summed E-state index contributed by atoms with van der Waals surface area (Å²) in [5.74, 6) is -0.487. The smallest absolute Gasteiger partial charge is 0.227 e. The molecule has 1 aliphatic carbocycles. The number of fused-ring (bicyclic) bond motifs is 5. The molecule has 0 amide bonds. The first-order valence-corrected chi connectivity index (χ1v) is 11.2. The Morgan fingerprint density at radius 1 is 1.00 bits per heavy atom. The molecular weight excluding hydrogens is 380 g/mol. The van der Waals surface area contributed by atoms with Gasteiger partial charge in [-0.25, -0.2) is 9.55 Å². The summed E-state index contributed by atoms with van der Waals surface area (Å²) in [5.41, 5.74) is 7.00. The quantitative estimate of drug-likeness (QED) is 0.297. The zero-order chi connectivity index (χ0) is 22.0. The van der Waals surface area contributed by atoms with Crippen LogP contribution in [0.2, 0.25) is 0 Å². The van der Waals surface area contributed by atoms with E-state index in [1.54, 1.807) is 0 Å². The van der Waals surface area contributed by atoms with Crippen LogP contribution in [0.15, 0.2) is 59.1 Å². The van der Waals surface area contributed by atoms with Crippen molar-refractivity contribution in [3.8, 4) is 11.3 Å². The zero-order valence-electron chi connectivity index (χ0n) is 19.3. The average molecular weight is 409 g/mol. The molecule has 6 rings (SSSR count). The molecule has 0 spiro atoms. The van der Waals surface area contributed by atoms with Crippen LogP contribution in [0.25, 0.3) is 44.1 Å². The molecule has 0 saturated heterocycles. The molecule has 0 bridgehead atoms. The highest BCUT2D eigenvalue weighted by Gasteiger charge is 2.26. The average Bonchev–Trinajstić information content (AvgIpc) is 3.39. The van der Waals surface area contributed by atoms with Crippen LogP contribution in [-0.4, -0.2) is 4.98 Å². The van der Waals surface area contributed by atoms with Gasteiger partial charge in [-0.2, -0.15) is 0 Å². The maximum absolute atomic E-state index is 9.07. The highest BCUT2D eigenvalue weighted by atomic mass is 16.3. The standard InChI is InChI=1S/C28H27N2O/c1-17-12-13-23-26-22-11-7-6-10-21(22)18(2)25(27(26)31-28(23)29-17)24-16-20(14-15-30(24)3)19-8-4-5-9-19/h6-7,10-16,19H,4-5,8-9H2,1-3H3/q+1/i19D. The lowest BCUT2D eigenvalue weighted by molar-refractivity contribution is -0.660. The van der Waals surface area contributed by atoms with Crippen LogP contribution in [0.1, 0.15) is 49.8 Å². The summed E-state index contributed by atoms with van der Waals surface area (Å²) in [4.78, 5) is 4.69. The van der Waals surface area contributed by atoms with Crippen molar-refractivity contribution in [2.75, 3.05) is 0 Å². The van der Waals surface area contributed by atoms with Crippen molar-refractivity contribution in [3.05, 3.63) is 71.5 Å². The molecule has 2 aromatic carbocycles. The molecule has 3 nitrogen and oxygen atoms in total. The van der Waals surface area contributed by atoms with Gasteiger partial charge in [0, 0.05) is 30.0 Å². The largest absolute Gasteiger partial charge is 0.437 e. The number of furan rings is 1. The van der Waals surface area contributed by atoms with Gasteiger partial charge in [-0.15, -0.1) is 0 Å². The van der Waals surface area contributed by atoms with Crippen LogP contribution in [0.4, 0.5) is 0 Å². The van der Waals surface area contributed by atoms with Crippen molar-refractivity contribution in [3.63, 3.8) is 0 Å². The molecule has 0 radical (unpaired) electrons. The number of aromatic nitrogens is 2. The Kier molecular flexibility index (Phi) is 3.90. The number of hydrogen-bond acceptors (Lipinski definition) is 2. The summed E-state index contributed by atoms with van der Waals surface area (Å²) in [6.45, 7) is 4.18. The van der Waals surface area contributed by atoms with E-state index in [2.05, 4.69) is 73.3 Å². The second-order valence-corrected chi connectivity index (χ2v) is 8.88. The Balaban J connectivity index is 1.75. The highest BCUT2D eigenvalue weighted by Crippen LogP contribution is 2.43. The van der Waals surface area contributed by atoms with Crippen molar-refractivity contribution in [1.82, 2.24) is 4.98 Å². The lowest BCUT2D eigenvalue weighted by Gasteiger charge is -2.13. The number of nitrogens with zero attached hydrogens (tertiary/aromatic N) is 2.